The number of hydrogen-bond donors (Lipinski definition) is 1. The first kappa shape index (κ1) is 12.9. The minimum Gasteiger partial charge on any atom is -0.229 e. The average Bonchev–Trinajstić information content (AvgIpc) is 2.43. The average molecular weight is 269 g/mol. The van der Waals surface area contributed by atoms with E-state index in [1.807, 2.05) is 13.8 Å². The number of thiazole rings is 1. The Hall–Kier alpha value is -0.170. The van der Waals surface area contributed by atoms with E-state index in [4.69, 9.17) is 11.6 Å². The molecular formula is C8H13ClN2O2S2. The molecule has 86 valence electrons. The van der Waals surface area contributed by atoms with Crippen LogP contribution in [0.3, 0.4) is 0 Å². The quantitative estimate of drug-likeness (QED) is 0.909. The molecule has 0 aliphatic carbocycles. The van der Waals surface area contributed by atoms with Gasteiger partial charge in [-0.1, -0.05) is 36.8 Å². The molecule has 1 N–H and O–H groups in total. The molecule has 0 radical (unpaired) electrons. The summed E-state index contributed by atoms with van der Waals surface area (Å²) in [5, 5.41) is 0. The number of sulfonamides is 1. The van der Waals surface area contributed by atoms with Gasteiger partial charge in [-0.2, -0.15) is 0 Å². The van der Waals surface area contributed by atoms with Gasteiger partial charge in [-0.05, 0) is 12.8 Å². The largest absolute Gasteiger partial charge is 0.251 e. The molecule has 0 atom stereocenters. The molecule has 0 bridgehead atoms. The zero-order chi connectivity index (χ0) is 11.6. The highest BCUT2D eigenvalue weighted by Crippen LogP contribution is 2.26. The van der Waals surface area contributed by atoms with Crippen LogP contribution in [0, 0.1) is 12.8 Å². The van der Waals surface area contributed by atoms with Crippen LogP contribution in [0.4, 0.5) is 0 Å². The van der Waals surface area contributed by atoms with Crippen molar-refractivity contribution >= 4 is 33.0 Å². The molecule has 15 heavy (non-hydrogen) atoms. The fraction of sp³-hybridized carbons (Fsp3) is 0.625. The molecule has 0 aromatic carbocycles. The first-order valence-corrected chi connectivity index (χ1v) is 7.13. The summed E-state index contributed by atoms with van der Waals surface area (Å²) >= 11 is 6.63. The van der Waals surface area contributed by atoms with Crippen LogP contribution in [0.1, 0.15) is 19.5 Å². The van der Waals surface area contributed by atoms with E-state index in [2.05, 4.69) is 9.71 Å². The molecule has 0 aliphatic heterocycles. The van der Waals surface area contributed by atoms with Crippen molar-refractivity contribution in [3.8, 4) is 0 Å². The van der Waals surface area contributed by atoms with Crippen LogP contribution in [0.15, 0.2) is 4.21 Å². The molecule has 0 aliphatic rings. The molecule has 1 aromatic rings. The number of nitrogens with zero attached hydrogens (tertiary/aromatic N) is 1. The normalized spacial score (nSPS) is 12.3. The number of aromatic nitrogens is 1. The molecule has 7 heteroatoms. The van der Waals surface area contributed by atoms with Crippen molar-refractivity contribution in [3.05, 3.63) is 10.2 Å². The predicted molar refractivity (Wildman–Crippen MR) is 61.9 cm³/mol. The molecule has 0 saturated heterocycles. The number of halogens is 1. The predicted octanol–water partition coefficient (Wildman–Crippen LogP) is 2.04. The zero-order valence-electron chi connectivity index (χ0n) is 8.74. The Balaban J connectivity index is 2.91. The van der Waals surface area contributed by atoms with Crippen molar-refractivity contribution in [2.75, 3.05) is 6.54 Å². The topological polar surface area (TPSA) is 59.1 Å². The second-order valence-electron chi connectivity index (χ2n) is 3.59. The van der Waals surface area contributed by atoms with Gasteiger partial charge in [0.25, 0.3) is 10.0 Å². The lowest BCUT2D eigenvalue weighted by molar-refractivity contribution is 0.561. The fourth-order valence-electron chi connectivity index (χ4n) is 0.942. The van der Waals surface area contributed by atoms with E-state index in [0.717, 1.165) is 11.3 Å². The molecule has 1 aromatic heterocycles. The lowest BCUT2D eigenvalue weighted by atomic mass is 10.2. The van der Waals surface area contributed by atoms with E-state index in [-0.39, 0.29) is 14.6 Å². The maximum atomic E-state index is 11.8. The minimum atomic E-state index is -3.44. The molecule has 0 saturated carbocycles. The SMILES string of the molecule is Cc1nc(Cl)sc1S(=O)(=O)NCC(C)C. The third kappa shape index (κ3) is 3.41. The van der Waals surface area contributed by atoms with E-state index < -0.39 is 10.0 Å². The van der Waals surface area contributed by atoms with Crippen molar-refractivity contribution in [3.63, 3.8) is 0 Å². The Labute approximate surface area is 98.7 Å². The second kappa shape index (κ2) is 4.78. The maximum Gasteiger partial charge on any atom is 0.251 e. The molecule has 0 spiro atoms. The minimum absolute atomic E-state index is 0.202. The summed E-state index contributed by atoms with van der Waals surface area (Å²) < 4.78 is 26.5. The van der Waals surface area contributed by atoms with Crippen LogP contribution < -0.4 is 4.72 Å². The van der Waals surface area contributed by atoms with Crippen molar-refractivity contribution in [2.24, 2.45) is 5.92 Å². The number of aryl methyl sites for hydroxylation is 1. The molecule has 0 amide bonds. The summed E-state index contributed by atoms with van der Waals surface area (Å²) in [5.74, 6) is 0.267. The van der Waals surface area contributed by atoms with Gasteiger partial charge in [0.05, 0.1) is 5.69 Å². The van der Waals surface area contributed by atoms with E-state index in [1.165, 1.54) is 0 Å². The first-order chi connectivity index (χ1) is 6.83. The monoisotopic (exact) mass is 268 g/mol. The van der Waals surface area contributed by atoms with Crippen molar-refractivity contribution < 1.29 is 8.42 Å². The van der Waals surface area contributed by atoms with Crippen LogP contribution in [-0.4, -0.2) is 19.9 Å². The Morgan fingerprint density at radius 3 is 2.53 bits per heavy atom. The number of rotatable bonds is 4. The summed E-state index contributed by atoms with van der Waals surface area (Å²) in [6.07, 6.45) is 0. The van der Waals surface area contributed by atoms with Gasteiger partial charge < -0.3 is 0 Å². The lowest BCUT2D eigenvalue weighted by Crippen LogP contribution is -2.27. The standard InChI is InChI=1S/C8H13ClN2O2S2/c1-5(2)4-10-15(12,13)7-6(3)11-8(9)14-7/h5,10H,4H2,1-3H3. The Kier molecular flexibility index (Phi) is 4.11. The third-order valence-corrected chi connectivity index (χ3v) is 4.95. The van der Waals surface area contributed by atoms with E-state index in [0.29, 0.717) is 12.2 Å². The summed E-state index contributed by atoms with van der Waals surface area (Å²) in [7, 11) is -3.44. The molecule has 0 fully saturated rings. The van der Waals surface area contributed by atoms with Gasteiger partial charge in [-0.25, -0.2) is 18.1 Å². The molecular weight excluding hydrogens is 256 g/mol. The van der Waals surface area contributed by atoms with Crippen molar-refractivity contribution in [1.82, 2.24) is 9.71 Å². The fourth-order valence-corrected chi connectivity index (χ4v) is 3.94. The number of hydrogen-bond acceptors (Lipinski definition) is 4. The van der Waals surface area contributed by atoms with E-state index >= 15 is 0 Å². The van der Waals surface area contributed by atoms with Crippen LogP contribution in [0.2, 0.25) is 4.47 Å². The van der Waals surface area contributed by atoms with E-state index in [9.17, 15) is 8.42 Å². The van der Waals surface area contributed by atoms with Gasteiger partial charge in [-0.15, -0.1) is 0 Å². The van der Waals surface area contributed by atoms with Gasteiger partial charge in [0.2, 0.25) is 0 Å². The third-order valence-electron chi connectivity index (χ3n) is 1.65. The van der Waals surface area contributed by atoms with Crippen LogP contribution >= 0.6 is 22.9 Å². The van der Waals surface area contributed by atoms with Gasteiger partial charge in [-0.3, -0.25) is 0 Å². The van der Waals surface area contributed by atoms with Crippen molar-refractivity contribution in [2.45, 2.75) is 25.0 Å². The van der Waals surface area contributed by atoms with Crippen molar-refractivity contribution in [1.29, 1.82) is 0 Å². The Morgan fingerprint density at radius 2 is 2.13 bits per heavy atom. The van der Waals surface area contributed by atoms with E-state index in [1.54, 1.807) is 6.92 Å². The van der Waals surface area contributed by atoms with Crippen LogP contribution in [0.25, 0.3) is 0 Å². The molecule has 1 heterocycles. The summed E-state index contributed by atoms with van der Waals surface area (Å²) in [6, 6.07) is 0. The maximum absolute atomic E-state index is 11.8. The molecule has 4 nitrogen and oxygen atoms in total. The zero-order valence-corrected chi connectivity index (χ0v) is 11.1. The summed E-state index contributed by atoms with van der Waals surface area (Å²) in [6.45, 7) is 5.92. The summed E-state index contributed by atoms with van der Waals surface area (Å²) in [5.41, 5.74) is 0.446. The highest BCUT2D eigenvalue weighted by Gasteiger charge is 2.21. The lowest BCUT2D eigenvalue weighted by Gasteiger charge is -2.07. The summed E-state index contributed by atoms with van der Waals surface area (Å²) in [4.78, 5) is 3.87. The van der Waals surface area contributed by atoms with Gasteiger partial charge in [0.1, 0.15) is 0 Å². The van der Waals surface area contributed by atoms with Crippen LogP contribution in [0.5, 0.6) is 0 Å². The van der Waals surface area contributed by atoms with Gasteiger partial charge >= 0.3 is 0 Å². The number of nitrogens with one attached hydrogen (secondary N) is 1. The Bertz CT molecular complexity index is 439. The first-order valence-electron chi connectivity index (χ1n) is 4.45. The Morgan fingerprint density at radius 1 is 1.53 bits per heavy atom. The van der Waals surface area contributed by atoms with Gasteiger partial charge in [0.15, 0.2) is 8.68 Å². The highest BCUT2D eigenvalue weighted by molar-refractivity contribution is 7.91. The second-order valence-corrected chi connectivity index (χ2v) is 7.13. The molecule has 1 rings (SSSR count). The molecule has 0 unspecified atom stereocenters. The smallest absolute Gasteiger partial charge is 0.229 e. The van der Waals surface area contributed by atoms with Gasteiger partial charge in [0, 0.05) is 6.54 Å². The van der Waals surface area contributed by atoms with Crippen LogP contribution in [-0.2, 0) is 10.0 Å². The highest BCUT2D eigenvalue weighted by atomic mass is 35.5.